The number of aromatic nitrogens is 1. The van der Waals surface area contributed by atoms with Gasteiger partial charge in [-0.15, -0.1) is 0 Å². The fourth-order valence-electron chi connectivity index (χ4n) is 3.40. The lowest BCUT2D eigenvalue weighted by Gasteiger charge is -2.21. The molecule has 126 valence electrons. The Labute approximate surface area is 141 Å². The van der Waals surface area contributed by atoms with E-state index in [1.807, 2.05) is 26.0 Å². The van der Waals surface area contributed by atoms with E-state index in [-0.39, 0.29) is 17.1 Å². The molecule has 1 atom stereocenters. The molecule has 1 aliphatic rings. The lowest BCUT2D eigenvalue weighted by atomic mass is 9.86. The number of benzene rings is 1. The third-order valence-corrected chi connectivity index (χ3v) is 4.86. The standard InChI is InChI=1S/C19H22FN3O/c1-18(2)13-19(18,15-7-3-4-8-16(15)20)17(24)23-11-10-22-14-6-5-9-21-12-14/h3-9,12,22H,10-11,13H2,1-2H3,(H,23,24). The third kappa shape index (κ3) is 2.86. The topological polar surface area (TPSA) is 54.0 Å². The highest BCUT2D eigenvalue weighted by atomic mass is 19.1. The van der Waals surface area contributed by atoms with Gasteiger partial charge in [-0.25, -0.2) is 4.39 Å². The maximum absolute atomic E-state index is 14.2. The summed E-state index contributed by atoms with van der Waals surface area (Å²) in [4.78, 5) is 16.8. The lowest BCUT2D eigenvalue weighted by Crippen LogP contribution is -2.40. The summed E-state index contributed by atoms with van der Waals surface area (Å²) in [5.74, 6) is -0.419. The zero-order chi connectivity index (χ0) is 17.2. The van der Waals surface area contributed by atoms with Gasteiger partial charge in [-0.2, -0.15) is 0 Å². The van der Waals surface area contributed by atoms with Crippen LogP contribution in [0, 0.1) is 11.2 Å². The van der Waals surface area contributed by atoms with Crippen LogP contribution in [0.5, 0.6) is 0 Å². The van der Waals surface area contributed by atoms with E-state index in [0.717, 1.165) is 5.69 Å². The molecule has 1 aromatic heterocycles. The van der Waals surface area contributed by atoms with E-state index in [2.05, 4.69) is 15.6 Å². The number of anilines is 1. The van der Waals surface area contributed by atoms with E-state index in [9.17, 15) is 9.18 Å². The van der Waals surface area contributed by atoms with Gasteiger partial charge < -0.3 is 10.6 Å². The van der Waals surface area contributed by atoms with E-state index in [1.165, 1.54) is 6.07 Å². The normalized spacial score (nSPS) is 21.1. The molecular formula is C19H22FN3O. The van der Waals surface area contributed by atoms with Crippen LogP contribution in [0.25, 0.3) is 0 Å². The van der Waals surface area contributed by atoms with Crippen LogP contribution in [0.2, 0.25) is 0 Å². The first kappa shape index (κ1) is 16.4. The summed E-state index contributed by atoms with van der Waals surface area (Å²) in [6.07, 6.45) is 4.09. The molecule has 2 N–H and O–H groups in total. The second kappa shape index (κ2) is 6.23. The van der Waals surface area contributed by atoms with Crippen LogP contribution in [0.3, 0.4) is 0 Å². The van der Waals surface area contributed by atoms with Crippen molar-refractivity contribution in [2.75, 3.05) is 18.4 Å². The largest absolute Gasteiger partial charge is 0.382 e. The minimum Gasteiger partial charge on any atom is -0.382 e. The number of amides is 1. The molecule has 1 saturated carbocycles. The van der Waals surface area contributed by atoms with Crippen LogP contribution in [0.4, 0.5) is 10.1 Å². The van der Waals surface area contributed by atoms with Gasteiger partial charge in [-0.05, 0) is 30.0 Å². The summed E-state index contributed by atoms with van der Waals surface area (Å²) in [7, 11) is 0. The Kier molecular flexibility index (Phi) is 4.26. The Morgan fingerprint density at radius 1 is 1.21 bits per heavy atom. The fourth-order valence-corrected chi connectivity index (χ4v) is 3.40. The van der Waals surface area contributed by atoms with Crippen molar-refractivity contribution < 1.29 is 9.18 Å². The number of rotatable bonds is 6. The Bertz CT molecular complexity index is 732. The molecular weight excluding hydrogens is 305 g/mol. The number of carbonyl (C=O) groups is 1. The minimum absolute atomic E-state index is 0.106. The van der Waals surface area contributed by atoms with Crippen molar-refractivity contribution in [3.05, 3.63) is 60.2 Å². The SMILES string of the molecule is CC1(C)CC1(C(=O)NCCNc1cccnc1)c1ccccc1F. The van der Waals surface area contributed by atoms with Crippen LogP contribution in [0.15, 0.2) is 48.8 Å². The summed E-state index contributed by atoms with van der Waals surface area (Å²) in [6, 6.07) is 10.3. The Morgan fingerprint density at radius 2 is 1.96 bits per heavy atom. The average Bonchev–Trinajstić information content (AvgIpc) is 3.16. The molecule has 2 aromatic rings. The van der Waals surface area contributed by atoms with Crippen LogP contribution in [-0.2, 0) is 10.2 Å². The number of hydrogen-bond acceptors (Lipinski definition) is 3. The van der Waals surface area contributed by atoms with E-state index in [4.69, 9.17) is 0 Å². The first-order valence-corrected chi connectivity index (χ1v) is 8.15. The molecule has 0 saturated heterocycles. The molecule has 1 unspecified atom stereocenters. The number of nitrogens with zero attached hydrogens (tertiary/aromatic N) is 1. The molecule has 1 aromatic carbocycles. The highest BCUT2D eigenvalue weighted by molar-refractivity contribution is 5.93. The zero-order valence-electron chi connectivity index (χ0n) is 14.0. The Morgan fingerprint density at radius 3 is 2.58 bits per heavy atom. The van der Waals surface area contributed by atoms with Crippen molar-refractivity contribution in [2.45, 2.75) is 25.7 Å². The van der Waals surface area contributed by atoms with Crippen LogP contribution >= 0.6 is 0 Å². The van der Waals surface area contributed by atoms with Gasteiger partial charge in [0, 0.05) is 31.0 Å². The van der Waals surface area contributed by atoms with Gasteiger partial charge in [0.2, 0.25) is 5.91 Å². The molecule has 3 rings (SSSR count). The lowest BCUT2D eigenvalue weighted by molar-refractivity contribution is -0.124. The molecule has 0 bridgehead atoms. The van der Waals surface area contributed by atoms with Crippen LogP contribution in [-0.4, -0.2) is 24.0 Å². The number of halogens is 1. The second-order valence-electron chi connectivity index (χ2n) is 6.87. The van der Waals surface area contributed by atoms with Gasteiger partial charge in [-0.3, -0.25) is 9.78 Å². The van der Waals surface area contributed by atoms with Gasteiger partial charge >= 0.3 is 0 Å². The highest BCUT2D eigenvalue weighted by Gasteiger charge is 2.67. The quantitative estimate of drug-likeness (QED) is 0.802. The van der Waals surface area contributed by atoms with E-state index < -0.39 is 5.41 Å². The summed E-state index contributed by atoms with van der Waals surface area (Å²) >= 11 is 0. The smallest absolute Gasteiger partial charge is 0.231 e. The van der Waals surface area contributed by atoms with Crippen molar-refractivity contribution in [1.82, 2.24) is 10.3 Å². The molecule has 0 radical (unpaired) electrons. The van der Waals surface area contributed by atoms with E-state index in [0.29, 0.717) is 25.1 Å². The van der Waals surface area contributed by atoms with Crippen molar-refractivity contribution >= 4 is 11.6 Å². The zero-order valence-corrected chi connectivity index (χ0v) is 14.0. The number of pyridine rings is 1. The second-order valence-corrected chi connectivity index (χ2v) is 6.87. The number of hydrogen-bond donors (Lipinski definition) is 2. The van der Waals surface area contributed by atoms with Crippen molar-refractivity contribution in [1.29, 1.82) is 0 Å². The molecule has 1 aliphatic carbocycles. The van der Waals surface area contributed by atoms with Crippen molar-refractivity contribution in [3.8, 4) is 0 Å². The Hall–Kier alpha value is -2.43. The highest BCUT2D eigenvalue weighted by Crippen LogP contribution is 2.64. The van der Waals surface area contributed by atoms with Crippen molar-refractivity contribution in [2.24, 2.45) is 5.41 Å². The van der Waals surface area contributed by atoms with E-state index in [1.54, 1.807) is 30.6 Å². The summed E-state index contributed by atoms with van der Waals surface area (Å²) in [5.41, 5.74) is 0.387. The summed E-state index contributed by atoms with van der Waals surface area (Å²) < 4.78 is 14.2. The van der Waals surface area contributed by atoms with Crippen LogP contribution in [0.1, 0.15) is 25.8 Å². The van der Waals surface area contributed by atoms with Gasteiger partial charge in [0.1, 0.15) is 5.82 Å². The van der Waals surface area contributed by atoms with Gasteiger partial charge in [0.05, 0.1) is 11.1 Å². The van der Waals surface area contributed by atoms with Gasteiger partial charge in [0.25, 0.3) is 0 Å². The fraction of sp³-hybridized carbons (Fsp3) is 0.368. The molecule has 0 spiro atoms. The summed E-state index contributed by atoms with van der Waals surface area (Å²) in [6.45, 7) is 5.07. The average molecular weight is 327 g/mol. The monoisotopic (exact) mass is 327 g/mol. The van der Waals surface area contributed by atoms with Crippen molar-refractivity contribution in [3.63, 3.8) is 0 Å². The Balaban J connectivity index is 1.63. The molecule has 24 heavy (non-hydrogen) atoms. The molecule has 5 heteroatoms. The molecule has 0 aliphatic heterocycles. The summed E-state index contributed by atoms with van der Waals surface area (Å²) in [5, 5.41) is 6.14. The molecule has 1 heterocycles. The number of carbonyl (C=O) groups excluding carboxylic acids is 1. The predicted molar refractivity (Wildman–Crippen MR) is 92.2 cm³/mol. The first-order chi connectivity index (χ1) is 11.5. The molecule has 1 amide bonds. The molecule has 4 nitrogen and oxygen atoms in total. The minimum atomic E-state index is -0.771. The third-order valence-electron chi connectivity index (χ3n) is 4.86. The van der Waals surface area contributed by atoms with Gasteiger partial charge in [-0.1, -0.05) is 32.0 Å². The predicted octanol–water partition coefficient (Wildman–Crippen LogP) is 3.12. The maximum atomic E-state index is 14.2. The first-order valence-electron chi connectivity index (χ1n) is 8.15. The number of nitrogens with one attached hydrogen (secondary N) is 2. The van der Waals surface area contributed by atoms with Crippen LogP contribution < -0.4 is 10.6 Å². The van der Waals surface area contributed by atoms with E-state index >= 15 is 0 Å². The van der Waals surface area contributed by atoms with Gasteiger partial charge in [0.15, 0.2) is 0 Å². The molecule has 1 fully saturated rings. The maximum Gasteiger partial charge on any atom is 0.231 e.